The first kappa shape index (κ1) is 36.5. The smallest absolute Gasteiger partial charge is 0.339 e. The summed E-state index contributed by atoms with van der Waals surface area (Å²) in [7, 11) is 4.18. The van der Waals surface area contributed by atoms with Crippen LogP contribution in [0.4, 0.5) is 0 Å². The van der Waals surface area contributed by atoms with E-state index in [-0.39, 0.29) is 42.3 Å². The van der Waals surface area contributed by atoms with Crippen molar-refractivity contribution in [3.63, 3.8) is 0 Å². The van der Waals surface area contributed by atoms with Gasteiger partial charge in [-0.1, -0.05) is 42.5 Å². The highest BCUT2D eigenvalue weighted by Crippen LogP contribution is 2.70. The number of hydroxylamine groups is 2. The minimum Gasteiger partial charge on any atom is -0.497 e. The summed E-state index contributed by atoms with van der Waals surface area (Å²) >= 11 is 0. The van der Waals surface area contributed by atoms with Gasteiger partial charge in [-0.25, -0.2) is 4.79 Å². The summed E-state index contributed by atoms with van der Waals surface area (Å²) < 4.78 is 41.1. The predicted octanol–water partition coefficient (Wildman–Crippen LogP) is 1.01. The zero-order valence-electron chi connectivity index (χ0n) is 28.9. The van der Waals surface area contributed by atoms with Crippen LogP contribution in [0.25, 0.3) is 0 Å². The highest BCUT2D eigenvalue weighted by Gasteiger charge is 2.78. The van der Waals surface area contributed by atoms with E-state index in [1.54, 1.807) is 54.6 Å². The lowest BCUT2D eigenvalue weighted by Crippen LogP contribution is -2.52. The SMILES string of the molecule is COc1ccc([C@@]23Oc4cc(O[C@@H]5O[C@@H]([C@H](O)CO)CO[C@H]5OC)cc(OC)c4[C@]2(O)[C@H](O)[C@H](C(=O)ON2C(=O)CCC2=O)[C@H]3c2ccccc2)cc1. The third kappa shape index (κ3) is 5.77. The molecule has 0 bridgehead atoms. The minimum atomic E-state index is -2.46. The maximum atomic E-state index is 14.2. The number of hydrogen-bond donors (Lipinski definition) is 4. The zero-order chi connectivity index (χ0) is 37.7. The third-order valence-electron chi connectivity index (χ3n) is 10.2. The van der Waals surface area contributed by atoms with Gasteiger partial charge in [0.2, 0.25) is 6.29 Å². The van der Waals surface area contributed by atoms with Crippen LogP contribution in [0, 0.1) is 5.92 Å². The number of carbonyl (C=O) groups excluding carboxylic acids is 3. The number of benzene rings is 3. The van der Waals surface area contributed by atoms with E-state index >= 15 is 0 Å². The summed E-state index contributed by atoms with van der Waals surface area (Å²) in [6.07, 6.45) is -6.79. The Hall–Kier alpha value is -4.81. The molecule has 1 aliphatic carbocycles. The number of fused-ring (bicyclic) bond motifs is 3. The molecular formula is C37H39NO15. The van der Waals surface area contributed by atoms with Gasteiger partial charge in [0.15, 0.2) is 11.2 Å². The third-order valence-corrected chi connectivity index (χ3v) is 10.2. The Balaban J connectivity index is 1.38. The van der Waals surface area contributed by atoms with Crippen LogP contribution in [0.5, 0.6) is 23.0 Å². The molecule has 7 rings (SSSR count). The Labute approximate surface area is 303 Å². The highest BCUT2D eigenvalue weighted by molar-refractivity contribution is 6.01. The molecule has 16 heteroatoms. The van der Waals surface area contributed by atoms with Gasteiger partial charge in [0.05, 0.1) is 38.9 Å². The second-order valence-electron chi connectivity index (χ2n) is 13.0. The first-order chi connectivity index (χ1) is 25.5. The van der Waals surface area contributed by atoms with Crippen LogP contribution < -0.4 is 18.9 Å². The molecule has 3 fully saturated rings. The van der Waals surface area contributed by atoms with Gasteiger partial charge in [-0.15, -0.1) is 5.06 Å². The number of methoxy groups -OCH3 is 3. The highest BCUT2D eigenvalue weighted by atomic mass is 16.8. The van der Waals surface area contributed by atoms with Crippen molar-refractivity contribution in [1.82, 2.24) is 5.06 Å². The number of aliphatic hydroxyl groups excluding tert-OH is 3. The standard InChI is InChI=1S/C37H39NO15/c1-46-21-11-9-20(10-12-21)37-30(19-7-5-4-6-8-19)29(33(44)53-38-27(41)13-14-28(38)42)32(43)36(37,45)31-24(47-2)15-22(16-25(31)52-37)50-35-34(48-3)49-18-26(51-35)23(40)17-39/h4-12,15-16,23,26,29-30,32,34-35,39-40,43,45H,13-14,17-18H2,1-3H3/t23-,26-,29-,30-,32-,34-,35-,36+,37+/m1/s1. The molecule has 0 radical (unpaired) electrons. The molecule has 0 unspecified atom stereocenters. The molecule has 282 valence electrons. The molecule has 3 aromatic rings. The normalized spacial score (nSPS) is 31.0. The van der Waals surface area contributed by atoms with Crippen molar-refractivity contribution in [2.75, 3.05) is 34.5 Å². The number of carbonyl (C=O) groups is 3. The van der Waals surface area contributed by atoms with Gasteiger partial charge in [0.25, 0.3) is 18.1 Å². The Morgan fingerprint density at radius 2 is 1.66 bits per heavy atom. The summed E-state index contributed by atoms with van der Waals surface area (Å²) in [5, 5.41) is 45.7. The van der Waals surface area contributed by atoms with Crippen molar-refractivity contribution >= 4 is 17.8 Å². The molecular weight excluding hydrogens is 698 g/mol. The molecule has 3 aliphatic heterocycles. The lowest BCUT2D eigenvalue weighted by Gasteiger charge is -2.40. The lowest BCUT2D eigenvalue weighted by molar-refractivity contribution is -0.324. The topological polar surface area (TPSA) is 209 Å². The molecule has 4 N–H and O–H groups in total. The second-order valence-corrected chi connectivity index (χ2v) is 13.0. The average molecular weight is 738 g/mol. The van der Waals surface area contributed by atoms with Gasteiger partial charge in [-0.05, 0) is 23.3 Å². The molecule has 53 heavy (non-hydrogen) atoms. The zero-order valence-corrected chi connectivity index (χ0v) is 28.9. The van der Waals surface area contributed by atoms with Crippen LogP contribution in [-0.2, 0) is 44.6 Å². The van der Waals surface area contributed by atoms with Crippen molar-refractivity contribution in [3.05, 3.63) is 83.4 Å². The fourth-order valence-electron chi connectivity index (χ4n) is 7.78. The van der Waals surface area contributed by atoms with E-state index in [2.05, 4.69) is 0 Å². The van der Waals surface area contributed by atoms with E-state index in [0.717, 1.165) is 0 Å². The number of nitrogens with zero attached hydrogens (tertiary/aromatic N) is 1. The van der Waals surface area contributed by atoms with Crippen LogP contribution >= 0.6 is 0 Å². The Kier molecular flexibility index (Phi) is 9.79. The Bertz CT molecular complexity index is 1840. The van der Waals surface area contributed by atoms with Crippen LogP contribution in [0.1, 0.15) is 35.4 Å². The average Bonchev–Trinajstić information content (AvgIpc) is 3.71. The van der Waals surface area contributed by atoms with Crippen LogP contribution in [0.15, 0.2) is 66.7 Å². The molecule has 0 spiro atoms. The molecule has 16 nitrogen and oxygen atoms in total. The summed E-state index contributed by atoms with van der Waals surface area (Å²) in [4.78, 5) is 44.6. The van der Waals surface area contributed by atoms with E-state index in [4.69, 9.17) is 38.0 Å². The van der Waals surface area contributed by atoms with Crippen molar-refractivity contribution < 1.29 is 72.8 Å². The molecule has 2 saturated heterocycles. The van der Waals surface area contributed by atoms with Crippen LogP contribution in [0.3, 0.4) is 0 Å². The lowest BCUT2D eigenvalue weighted by atomic mass is 9.70. The van der Waals surface area contributed by atoms with E-state index < -0.39 is 78.3 Å². The van der Waals surface area contributed by atoms with E-state index in [9.17, 15) is 34.8 Å². The number of ether oxygens (including phenoxy) is 7. The predicted molar refractivity (Wildman–Crippen MR) is 177 cm³/mol. The quantitative estimate of drug-likeness (QED) is 0.203. The maximum Gasteiger partial charge on any atom is 0.339 e. The largest absolute Gasteiger partial charge is 0.497 e. The first-order valence-corrected chi connectivity index (χ1v) is 16.9. The fraction of sp³-hybridized carbons (Fsp3) is 0.432. The maximum absolute atomic E-state index is 14.2. The molecule has 3 aromatic carbocycles. The molecule has 3 heterocycles. The van der Waals surface area contributed by atoms with Crippen LogP contribution in [0.2, 0.25) is 0 Å². The van der Waals surface area contributed by atoms with Gasteiger partial charge in [-0.3, -0.25) is 9.59 Å². The molecule has 0 aromatic heterocycles. The molecule has 4 aliphatic rings. The summed E-state index contributed by atoms with van der Waals surface area (Å²) in [5.41, 5.74) is -3.71. The first-order valence-electron chi connectivity index (χ1n) is 16.9. The molecule has 2 amide bonds. The summed E-state index contributed by atoms with van der Waals surface area (Å²) in [6, 6.07) is 17.9. The number of rotatable bonds is 11. The number of aliphatic hydroxyl groups is 4. The summed E-state index contributed by atoms with van der Waals surface area (Å²) in [6.45, 7) is -0.675. The molecule has 9 atom stereocenters. The van der Waals surface area contributed by atoms with E-state index in [0.29, 0.717) is 21.9 Å². The second kappa shape index (κ2) is 14.2. The van der Waals surface area contributed by atoms with Crippen molar-refractivity contribution in [1.29, 1.82) is 0 Å². The molecule has 1 saturated carbocycles. The summed E-state index contributed by atoms with van der Waals surface area (Å²) in [5.74, 6) is -4.85. The van der Waals surface area contributed by atoms with E-state index in [1.165, 1.54) is 33.5 Å². The minimum absolute atomic E-state index is 0.00648. The van der Waals surface area contributed by atoms with Crippen molar-refractivity contribution in [2.24, 2.45) is 5.92 Å². The monoisotopic (exact) mass is 737 g/mol. The number of hydrogen-bond acceptors (Lipinski definition) is 15. The fourth-order valence-corrected chi connectivity index (χ4v) is 7.78. The Morgan fingerprint density at radius 3 is 2.28 bits per heavy atom. The van der Waals surface area contributed by atoms with Crippen molar-refractivity contribution in [3.8, 4) is 23.0 Å². The number of amides is 2. The van der Waals surface area contributed by atoms with Gasteiger partial charge in [0.1, 0.15) is 41.3 Å². The Morgan fingerprint density at radius 1 is 0.962 bits per heavy atom. The van der Waals surface area contributed by atoms with Gasteiger partial charge >= 0.3 is 5.97 Å². The van der Waals surface area contributed by atoms with Crippen LogP contribution in [-0.4, -0.2) is 109 Å². The number of imide groups is 1. The van der Waals surface area contributed by atoms with Gasteiger partial charge in [-0.2, -0.15) is 0 Å². The van der Waals surface area contributed by atoms with Gasteiger partial charge < -0.3 is 58.4 Å². The van der Waals surface area contributed by atoms with E-state index in [1.807, 2.05) is 0 Å². The van der Waals surface area contributed by atoms with Crippen molar-refractivity contribution in [2.45, 2.75) is 60.9 Å². The van der Waals surface area contributed by atoms with Gasteiger partial charge in [0, 0.05) is 38.0 Å².